The number of nitrogens with zero attached hydrogens (tertiary/aromatic N) is 5. The molecule has 0 aliphatic carbocycles. The molecule has 0 atom stereocenters. The minimum atomic E-state index is -0.161. The maximum Gasteiger partial charge on any atom is 0.251 e. The van der Waals surface area contributed by atoms with Crippen molar-refractivity contribution in [3.8, 4) is 0 Å². The highest BCUT2D eigenvalue weighted by Gasteiger charge is 2.08. The molecule has 0 bridgehead atoms. The summed E-state index contributed by atoms with van der Waals surface area (Å²) in [6.07, 6.45) is 2.29. The second kappa shape index (κ2) is 5.48. The van der Waals surface area contributed by atoms with Crippen molar-refractivity contribution in [2.75, 3.05) is 6.54 Å². The van der Waals surface area contributed by atoms with Crippen LogP contribution in [-0.2, 0) is 6.42 Å². The van der Waals surface area contributed by atoms with Gasteiger partial charge in [0.2, 0.25) is 0 Å². The van der Waals surface area contributed by atoms with Crippen molar-refractivity contribution in [2.24, 2.45) is 0 Å². The highest BCUT2D eigenvalue weighted by Crippen LogP contribution is 2.10. The molecule has 1 amide bonds. The van der Waals surface area contributed by atoms with Crippen LogP contribution < -0.4 is 5.32 Å². The lowest BCUT2D eigenvalue weighted by molar-refractivity contribution is 0.0954. The molecule has 3 heterocycles. The summed E-state index contributed by atoms with van der Waals surface area (Å²) in [6, 6.07) is 11.2. The zero-order valence-corrected chi connectivity index (χ0v) is 12.1. The first-order valence-electron chi connectivity index (χ1n) is 7.19. The van der Waals surface area contributed by atoms with Crippen molar-refractivity contribution in [2.45, 2.75) is 6.42 Å². The molecule has 0 radical (unpaired) electrons. The molecule has 8 nitrogen and oxygen atoms in total. The van der Waals surface area contributed by atoms with Crippen LogP contribution in [0.15, 0.2) is 42.6 Å². The fraction of sp³-hybridized carbons (Fsp3) is 0.133. The Hall–Kier alpha value is -3.29. The van der Waals surface area contributed by atoms with E-state index in [4.69, 9.17) is 0 Å². The number of aromatic amines is 1. The van der Waals surface area contributed by atoms with Gasteiger partial charge >= 0.3 is 0 Å². The number of fused-ring (bicyclic) bond motifs is 2. The molecule has 0 saturated heterocycles. The van der Waals surface area contributed by atoms with Gasteiger partial charge in [0.15, 0.2) is 5.65 Å². The van der Waals surface area contributed by atoms with E-state index in [1.54, 1.807) is 18.3 Å². The van der Waals surface area contributed by atoms with Crippen LogP contribution in [0.4, 0.5) is 0 Å². The van der Waals surface area contributed by atoms with Crippen LogP contribution in [0.2, 0.25) is 0 Å². The Morgan fingerprint density at radius 1 is 1.26 bits per heavy atom. The molecule has 114 valence electrons. The smallest absolute Gasteiger partial charge is 0.251 e. The Kier molecular flexibility index (Phi) is 3.19. The van der Waals surface area contributed by atoms with Crippen LogP contribution in [-0.4, -0.2) is 42.5 Å². The SMILES string of the molecule is O=C(NCCc1nc2ccccc2[nH]1)c1ccn2nnnc2c1. The summed E-state index contributed by atoms with van der Waals surface area (Å²) in [7, 11) is 0. The Morgan fingerprint density at radius 2 is 2.17 bits per heavy atom. The number of amides is 1. The van der Waals surface area contributed by atoms with Gasteiger partial charge in [0, 0.05) is 24.7 Å². The van der Waals surface area contributed by atoms with Crippen LogP contribution in [0.3, 0.4) is 0 Å². The molecule has 2 N–H and O–H groups in total. The van der Waals surface area contributed by atoms with Gasteiger partial charge in [0.05, 0.1) is 11.0 Å². The Balaban J connectivity index is 1.40. The van der Waals surface area contributed by atoms with Crippen molar-refractivity contribution in [1.29, 1.82) is 0 Å². The Labute approximate surface area is 130 Å². The number of imidazole rings is 1. The molecule has 0 spiro atoms. The summed E-state index contributed by atoms with van der Waals surface area (Å²) >= 11 is 0. The van der Waals surface area contributed by atoms with E-state index in [2.05, 4.69) is 30.8 Å². The van der Waals surface area contributed by atoms with E-state index in [0.717, 1.165) is 16.9 Å². The van der Waals surface area contributed by atoms with E-state index >= 15 is 0 Å². The third kappa shape index (κ3) is 2.61. The number of rotatable bonds is 4. The molecule has 4 aromatic rings. The van der Waals surface area contributed by atoms with E-state index < -0.39 is 0 Å². The first-order chi connectivity index (χ1) is 11.3. The minimum Gasteiger partial charge on any atom is -0.352 e. The van der Waals surface area contributed by atoms with Gasteiger partial charge in [-0.05, 0) is 34.7 Å². The lowest BCUT2D eigenvalue weighted by atomic mass is 10.2. The number of tetrazole rings is 1. The molecule has 0 fully saturated rings. The summed E-state index contributed by atoms with van der Waals surface area (Å²) < 4.78 is 1.51. The maximum absolute atomic E-state index is 12.2. The third-order valence-corrected chi connectivity index (χ3v) is 3.55. The average molecular weight is 307 g/mol. The maximum atomic E-state index is 12.2. The van der Waals surface area contributed by atoms with Gasteiger partial charge in [0.25, 0.3) is 5.91 Å². The predicted molar refractivity (Wildman–Crippen MR) is 82.9 cm³/mol. The fourth-order valence-electron chi connectivity index (χ4n) is 2.40. The summed E-state index contributed by atoms with van der Waals surface area (Å²) in [5.41, 5.74) is 2.99. The molecule has 3 aromatic heterocycles. The molecule has 0 unspecified atom stereocenters. The molecule has 0 aliphatic heterocycles. The zero-order valence-electron chi connectivity index (χ0n) is 12.1. The predicted octanol–water partition coefficient (Wildman–Crippen LogP) is 0.973. The molecule has 8 heteroatoms. The number of hydrogen-bond donors (Lipinski definition) is 2. The van der Waals surface area contributed by atoms with Gasteiger partial charge in [-0.1, -0.05) is 12.1 Å². The Morgan fingerprint density at radius 3 is 3.09 bits per heavy atom. The van der Waals surface area contributed by atoms with Crippen LogP contribution in [0.25, 0.3) is 16.7 Å². The minimum absolute atomic E-state index is 0.161. The number of carbonyl (C=O) groups is 1. The number of nitrogens with one attached hydrogen (secondary N) is 2. The summed E-state index contributed by atoms with van der Waals surface area (Å²) in [6.45, 7) is 0.495. The van der Waals surface area contributed by atoms with E-state index in [-0.39, 0.29) is 5.91 Å². The number of hydrogen-bond acceptors (Lipinski definition) is 5. The first kappa shape index (κ1) is 13.4. The largest absolute Gasteiger partial charge is 0.352 e. The van der Waals surface area contributed by atoms with Crippen LogP contribution >= 0.6 is 0 Å². The van der Waals surface area contributed by atoms with Gasteiger partial charge in [0.1, 0.15) is 5.82 Å². The topological polar surface area (TPSA) is 101 Å². The van der Waals surface area contributed by atoms with Crippen molar-refractivity contribution in [3.05, 3.63) is 54.0 Å². The highest BCUT2D eigenvalue weighted by molar-refractivity contribution is 5.94. The molecule has 23 heavy (non-hydrogen) atoms. The highest BCUT2D eigenvalue weighted by atomic mass is 16.1. The van der Waals surface area contributed by atoms with E-state index in [9.17, 15) is 4.79 Å². The van der Waals surface area contributed by atoms with Crippen molar-refractivity contribution in [3.63, 3.8) is 0 Å². The fourth-order valence-corrected chi connectivity index (χ4v) is 2.40. The lowest BCUT2D eigenvalue weighted by Crippen LogP contribution is -2.26. The lowest BCUT2D eigenvalue weighted by Gasteiger charge is -2.04. The number of pyridine rings is 1. The Bertz CT molecular complexity index is 955. The summed E-state index contributed by atoms with van der Waals surface area (Å²) in [4.78, 5) is 19.9. The normalized spacial score (nSPS) is 11.1. The second-order valence-corrected chi connectivity index (χ2v) is 5.10. The van der Waals surface area contributed by atoms with Crippen molar-refractivity contribution >= 4 is 22.6 Å². The molecule has 0 aliphatic rings. The van der Waals surface area contributed by atoms with Crippen molar-refractivity contribution < 1.29 is 4.79 Å². The molecular formula is C15H13N7O. The molecule has 4 rings (SSSR count). The number of H-pyrrole nitrogens is 1. The number of para-hydroxylation sites is 2. The quantitative estimate of drug-likeness (QED) is 0.585. The van der Waals surface area contributed by atoms with Gasteiger partial charge in [-0.2, -0.15) is 0 Å². The van der Waals surface area contributed by atoms with Crippen molar-refractivity contribution in [1.82, 2.24) is 35.3 Å². The third-order valence-electron chi connectivity index (χ3n) is 3.55. The zero-order chi connectivity index (χ0) is 15.6. The van der Waals surface area contributed by atoms with E-state index in [1.165, 1.54) is 4.52 Å². The number of benzene rings is 1. The second-order valence-electron chi connectivity index (χ2n) is 5.10. The average Bonchev–Trinajstić information content (AvgIpc) is 3.19. The number of aromatic nitrogens is 6. The van der Waals surface area contributed by atoms with Crippen LogP contribution in [0.1, 0.15) is 16.2 Å². The van der Waals surface area contributed by atoms with Gasteiger partial charge in [-0.3, -0.25) is 4.79 Å². The first-order valence-corrected chi connectivity index (χ1v) is 7.19. The summed E-state index contributed by atoms with van der Waals surface area (Å²) in [5, 5.41) is 14.0. The van der Waals surface area contributed by atoms with Gasteiger partial charge in [-0.25, -0.2) is 9.50 Å². The molecular weight excluding hydrogens is 294 g/mol. The number of carbonyl (C=O) groups excluding carboxylic acids is 1. The van der Waals surface area contributed by atoms with Gasteiger partial charge < -0.3 is 10.3 Å². The molecule has 0 saturated carbocycles. The van der Waals surface area contributed by atoms with E-state index in [1.807, 2.05) is 24.3 Å². The molecule has 1 aromatic carbocycles. The van der Waals surface area contributed by atoms with E-state index in [0.29, 0.717) is 24.2 Å². The van der Waals surface area contributed by atoms with Gasteiger partial charge in [-0.15, -0.1) is 5.10 Å². The van der Waals surface area contributed by atoms with Crippen LogP contribution in [0.5, 0.6) is 0 Å². The monoisotopic (exact) mass is 307 g/mol. The standard InChI is InChI=1S/C15H13N7O/c23-15(10-6-8-22-14(9-10)19-20-21-22)16-7-5-13-17-11-3-1-2-4-12(11)18-13/h1-4,6,8-9H,5,7H2,(H,16,23)(H,17,18). The summed E-state index contributed by atoms with van der Waals surface area (Å²) in [5.74, 6) is 0.690. The van der Waals surface area contributed by atoms with Crippen LogP contribution in [0, 0.1) is 0 Å².